The van der Waals surface area contributed by atoms with E-state index in [2.05, 4.69) is 27.9 Å². The van der Waals surface area contributed by atoms with Gasteiger partial charge in [-0.3, -0.25) is 4.79 Å². The lowest BCUT2D eigenvalue weighted by Crippen LogP contribution is -2.13. The van der Waals surface area contributed by atoms with E-state index in [1.807, 2.05) is 0 Å². The van der Waals surface area contributed by atoms with Gasteiger partial charge in [-0.1, -0.05) is 17.7 Å². The number of amides is 1. The predicted molar refractivity (Wildman–Crippen MR) is 83.3 cm³/mol. The maximum Gasteiger partial charge on any atom is 0.255 e. The summed E-state index contributed by atoms with van der Waals surface area (Å²) >= 11 is 8.05. The third kappa shape index (κ3) is 3.45. The van der Waals surface area contributed by atoms with Crippen molar-refractivity contribution in [3.8, 4) is 0 Å². The van der Waals surface area contributed by atoms with E-state index in [0.717, 1.165) is 9.13 Å². The van der Waals surface area contributed by atoms with Crippen LogP contribution in [0.5, 0.6) is 0 Å². The summed E-state index contributed by atoms with van der Waals surface area (Å²) in [5.41, 5.74) is 1.69. The van der Waals surface area contributed by atoms with Crippen LogP contribution in [0.3, 0.4) is 0 Å². The SMILES string of the molecule is Cc1ccc(F)cc1NC(=O)c1ccc(I)c(Cl)c1. The number of halogens is 3. The molecular weight excluding hydrogens is 380 g/mol. The lowest BCUT2D eigenvalue weighted by Gasteiger charge is -2.09. The smallest absolute Gasteiger partial charge is 0.255 e. The van der Waals surface area contributed by atoms with E-state index in [0.29, 0.717) is 16.3 Å². The van der Waals surface area contributed by atoms with E-state index in [1.165, 1.54) is 12.1 Å². The van der Waals surface area contributed by atoms with Crippen LogP contribution in [-0.2, 0) is 0 Å². The molecule has 98 valence electrons. The van der Waals surface area contributed by atoms with Crippen molar-refractivity contribution in [2.45, 2.75) is 6.92 Å². The Morgan fingerprint density at radius 1 is 1.26 bits per heavy atom. The van der Waals surface area contributed by atoms with E-state index in [9.17, 15) is 9.18 Å². The van der Waals surface area contributed by atoms with Gasteiger partial charge in [-0.2, -0.15) is 0 Å². The first kappa shape index (κ1) is 14.3. The molecule has 0 unspecified atom stereocenters. The molecule has 0 radical (unpaired) electrons. The molecule has 5 heteroatoms. The molecule has 0 spiro atoms. The van der Waals surface area contributed by atoms with Crippen molar-refractivity contribution >= 4 is 45.8 Å². The molecule has 2 aromatic rings. The van der Waals surface area contributed by atoms with Crippen LogP contribution in [0.4, 0.5) is 10.1 Å². The molecule has 0 aliphatic heterocycles. The first-order valence-electron chi connectivity index (χ1n) is 5.50. The van der Waals surface area contributed by atoms with Gasteiger partial charge in [0.15, 0.2) is 0 Å². The molecule has 1 amide bonds. The first-order valence-corrected chi connectivity index (χ1v) is 6.95. The van der Waals surface area contributed by atoms with Crippen LogP contribution < -0.4 is 5.32 Å². The Kier molecular flexibility index (Phi) is 4.42. The van der Waals surface area contributed by atoms with Crippen LogP contribution in [-0.4, -0.2) is 5.91 Å². The maximum absolute atomic E-state index is 13.1. The number of benzene rings is 2. The van der Waals surface area contributed by atoms with Gasteiger partial charge in [-0.05, 0) is 65.4 Å². The average molecular weight is 390 g/mol. The molecule has 19 heavy (non-hydrogen) atoms. The first-order chi connectivity index (χ1) is 8.97. The second-order valence-corrected chi connectivity index (χ2v) is 5.61. The van der Waals surface area contributed by atoms with Gasteiger partial charge in [0.05, 0.1) is 5.02 Å². The molecule has 0 aliphatic rings. The second-order valence-electron chi connectivity index (χ2n) is 4.04. The third-order valence-corrected chi connectivity index (χ3v) is 4.20. The fourth-order valence-corrected chi connectivity index (χ4v) is 2.08. The molecule has 2 nitrogen and oxygen atoms in total. The molecule has 0 bridgehead atoms. The molecule has 1 N–H and O–H groups in total. The molecule has 0 fully saturated rings. The van der Waals surface area contributed by atoms with Crippen molar-refractivity contribution in [3.05, 3.63) is 61.9 Å². The Labute approximate surface area is 129 Å². The van der Waals surface area contributed by atoms with Crippen molar-refractivity contribution in [3.63, 3.8) is 0 Å². The normalized spacial score (nSPS) is 10.3. The molecule has 0 atom stereocenters. The summed E-state index contributed by atoms with van der Waals surface area (Å²) in [4.78, 5) is 12.0. The minimum Gasteiger partial charge on any atom is -0.322 e. The van der Waals surface area contributed by atoms with E-state index in [4.69, 9.17) is 11.6 Å². The van der Waals surface area contributed by atoms with Crippen molar-refractivity contribution in [1.82, 2.24) is 0 Å². The van der Waals surface area contributed by atoms with Gasteiger partial charge in [-0.25, -0.2) is 4.39 Å². The van der Waals surface area contributed by atoms with Crippen LogP contribution in [0.25, 0.3) is 0 Å². The van der Waals surface area contributed by atoms with Crippen molar-refractivity contribution in [2.24, 2.45) is 0 Å². The van der Waals surface area contributed by atoms with E-state index in [1.54, 1.807) is 31.2 Å². The number of carbonyl (C=O) groups is 1. The Balaban J connectivity index is 2.25. The fourth-order valence-electron chi connectivity index (χ4n) is 1.56. The topological polar surface area (TPSA) is 29.1 Å². The van der Waals surface area contributed by atoms with Crippen LogP contribution in [0, 0.1) is 16.3 Å². The third-order valence-electron chi connectivity index (χ3n) is 2.63. The lowest BCUT2D eigenvalue weighted by atomic mass is 10.1. The number of nitrogens with one attached hydrogen (secondary N) is 1. The van der Waals surface area contributed by atoms with E-state index in [-0.39, 0.29) is 11.7 Å². The summed E-state index contributed by atoms with van der Waals surface area (Å²) in [7, 11) is 0. The summed E-state index contributed by atoms with van der Waals surface area (Å²) in [5, 5.41) is 3.19. The molecule has 0 saturated heterocycles. The zero-order valence-corrected chi connectivity index (χ0v) is 12.9. The Morgan fingerprint density at radius 3 is 2.68 bits per heavy atom. The molecule has 0 aromatic heterocycles. The summed E-state index contributed by atoms with van der Waals surface area (Å²) in [6.45, 7) is 1.80. The molecule has 2 rings (SSSR count). The van der Waals surface area contributed by atoms with Crippen molar-refractivity contribution in [1.29, 1.82) is 0 Å². The Morgan fingerprint density at radius 2 is 2.00 bits per heavy atom. The maximum atomic E-state index is 13.1. The quantitative estimate of drug-likeness (QED) is 0.745. The Hall–Kier alpha value is -1.14. The highest BCUT2D eigenvalue weighted by atomic mass is 127. The summed E-state index contributed by atoms with van der Waals surface area (Å²) in [5.74, 6) is -0.700. The zero-order valence-electron chi connectivity index (χ0n) is 10.0. The van der Waals surface area contributed by atoms with Crippen LogP contribution in [0.15, 0.2) is 36.4 Å². The van der Waals surface area contributed by atoms with Gasteiger partial charge in [0.25, 0.3) is 5.91 Å². The van der Waals surface area contributed by atoms with Gasteiger partial charge in [0, 0.05) is 14.8 Å². The van der Waals surface area contributed by atoms with Gasteiger partial charge in [0.2, 0.25) is 0 Å². The fraction of sp³-hybridized carbons (Fsp3) is 0.0714. The summed E-state index contributed by atoms with van der Waals surface area (Å²) < 4.78 is 14.0. The van der Waals surface area contributed by atoms with E-state index < -0.39 is 0 Å². The molecular formula is C14H10ClFINO. The highest BCUT2D eigenvalue weighted by Crippen LogP contribution is 2.21. The van der Waals surface area contributed by atoms with Crippen molar-refractivity contribution < 1.29 is 9.18 Å². The number of anilines is 1. The monoisotopic (exact) mass is 389 g/mol. The zero-order chi connectivity index (χ0) is 14.0. The number of carbonyl (C=O) groups excluding carboxylic acids is 1. The number of aryl methyl sites for hydroxylation is 1. The summed E-state index contributed by atoms with van der Waals surface area (Å²) in [6.07, 6.45) is 0. The van der Waals surface area contributed by atoms with Gasteiger partial charge < -0.3 is 5.32 Å². The van der Waals surface area contributed by atoms with Crippen LogP contribution in [0.1, 0.15) is 15.9 Å². The van der Waals surface area contributed by atoms with Gasteiger partial charge >= 0.3 is 0 Å². The molecule has 0 aliphatic carbocycles. The predicted octanol–water partition coefficient (Wildman–Crippen LogP) is 4.64. The molecule has 2 aromatic carbocycles. The highest BCUT2D eigenvalue weighted by Gasteiger charge is 2.10. The number of hydrogen-bond donors (Lipinski definition) is 1. The molecule has 0 saturated carbocycles. The second kappa shape index (κ2) is 5.88. The number of rotatable bonds is 2. The van der Waals surface area contributed by atoms with Gasteiger partial charge in [-0.15, -0.1) is 0 Å². The van der Waals surface area contributed by atoms with Crippen LogP contribution >= 0.6 is 34.2 Å². The highest BCUT2D eigenvalue weighted by molar-refractivity contribution is 14.1. The molecule has 0 heterocycles. The van der Waals surface area contributed by atoms with E-state index >= 15 is 0 Å². The minimum absolute atomic E-state index is 0.313. The van der Waals surface area contributed by atoms with Crippen molar-refractivity contribution in [2.75, 3.05) is 5.32 Å². The number of hydrogen-bond acceptors (Lipinski definition) is 1. The standard InChI is InChI=1S/C14H10ClFINO/c1-8-2-4-10(16)7-13(8)18-14(19)9-3-5-12(17)11(15)6-9/h2-7H,1H3,(H,18,19). The average Bonchev–Trinajstić information content (AvgIpc) is 2.37. The lowest BCUT2D eigenvalue weighted by molar-refractivity contribution is 0.102. The Bertz CT molecular complexity index is 645. The largest absolute Gasteiger partial charge is 0.322 e. The van der Waals surface area contributed by atoms with Gasteiger partial charge in [0.1, 0.15) is 5.82 Å². The minimum atomic E-state index is -0.387. The summed E-state index contributed by atoms with van der Waals surface area (Å²) in [6, 6.07) is 9.29. The van der Waals surface area contributed by atoms with Crippen LogP contribution in [0.2, 0.25) is 5.02 Å².